The molecule has 0 saturated heterocycles. The number of amides is 1. The van der Waals surface area contributed by atoms with Crippen molar-refractivity contribution < 1.29 is 33.8 Å². The quantitative estimate of drug-likeness (QED) is 0.743. The van der Waals surface area contributed by atoms with Crippen molar-refractivity contribution >= 4 is 34.6 Å². The first kappa shape index (κ1) is 21.6. The van der Waals surface area contributed by atoms with Gasteiger partial charge >= 0.3 is 18.0 Å². The average Bonchev–Trinajstić information content (AvgIpc) is 2.65. The molecule has 0 aliphatic rings. The van der Waals surface area contributed by atoms with Crippen LogP contribution < -0.4 is 5.32 Å². The fraction of sp³-hybridized carbons (Fsp3) is 0.263. The second kappa shape index (κ2) is 11.2. The maximum atomic E-state index is 11.4. The Bertz CT molecular complexity index is 738. The van der Waals surface area contributed by atoms with Crippen molar-refractivity contribution in [2.75, 3.05) is 13.7 Å². The molecule has 144 valence electrons. The van der Waals surface area contributed by atoms with Gasteiger partial charge < -0.3 is 19.9 Å². The summed E-state index contributed by atoms with van der Waals surface area (Å²) < 4.78 is 8.64. The molecular weight excluding hydrogens is 354 g/mol. The van der Waals surface area contributed by atoms with Crippen LogP contribution in [-0.2, 0) is 23.9 Å². The van der Waals surface area contributed by atoms with Gasteiger partial charge in [-0.3, -0.25) is 14.4 Å². The lowest BCUT2D eigenvalue weighted by Crippen LogP contribution is -2.44. The van der Waals surface area contributed by atoms with Gasteiger partial charge in [0.15, 0.2) is 12.4 Å². The van der Waals surface area contributed by atoms with E-state index in [1.54, 1.807) is 0 Å². The molecule has 0 aliphatic heterocycles. The van der Waals surface area contributed by atoms with Gasteiger partial charge in [0.2, 0.25) is 0 Å². The summed E-state index contributed by atoms with van der Waals surface area (Å²) in [4.78, 5) is 43.2. The van der Waals surface area contributed by atoms with E-state index in [1.165, 1.54) is 10.8 Å². The molecule has 0 aromatic heterocycles. The van der Waals surface area contributed by atoms with Gasteiger partial charge in [-0.05, 0) is 10.8 Å². The number of carbonyl (C=O) groups excluding carboxylic acids is 3. The normalized spacial score (nSPS) is 10.7. The van der Waals surface area contributed by atoms with E-state index >= 15 is 0 Å². The lowest BCUT2D eigenvalue weighted by molar-refractivity contribution is -0.147. The monoisotopic (exact) mass is 375 g/mol. The molecule has 8 nitrogen and oxygen atoms in total. The SMILES string of the molecule is COC(=O)NC(CC(=O)O)C(=O)COC(C)=O.c1ccc2ccccc2c1. The zero-order chi connectivity index (χ0) is 20.2. The number of Topliss-reactive ketones (excluding diaryl/α,β-unsaturated/α-hetero) is 1. The summed E-state index contributed by atoms with van der Waals surface area (Å²) in [5.41, 5.74) is 0. The molecule has 1 atom stereocenters. The van der Waals surface area contributed by atoms with E-state index in [0.29, 0.717) is 0 Å². The van der Waals surface area contributed by atoms with Crippen LogP contribution in [0.25, 0.3) is 10.8 Å². The molecule has 0 saturated carbocycles. The molecular formula is C19H21NO7. The van der Waals surface area contributed by atoms with Crippen LogP contribution in [0.3, 0.4) is 0 Å². The summed E-state index contributed by atoms with van der Waals surface area (Å²) in [7, 11) is 1.07. The Morgan fingerprint density at radius 2 is 1.48 bits per heavy atom. The molecule has 8 heteroatoms. The summed E-state index contributed by atoms with van der Waals surface area (Å²) in [5, 5.41) is 13.2. The third-order valence-electron chi connectivity index (χ3n) is 3.32. The van der Waals surface area contributed by atoms with Crippen LogP contribution in [0, 0.1) is 0 Å². The minimum Gasteiger partial charge on any atom is -0.481 e. The maximum absolute atomic E-state index is 11.4. The smallest absolute Gasteiger partial charge is 0.407 e. The molecule has 0 aliphatic carbocycles. The number of hydrogen-bond acceptors (Lipinski definition) is 6. The number of ether oxygens (including phenoxy) is 2. The Labute approximate surface area is 156 Å². The second-order valence-corrected chi connectivity index (χ2v) is 5.38. The van der Waals surface area contributed by atoms with Crippen molar-refractivity contribution in [2.24, 2.45) is 0 Å². The number of hydrogen-bond donors (Lipinski definition) is 2. The van der Waals surface area contributed by atoms with Crippen molar-refractivity contribution in [3.63, 3.8) is 0 Å². The number of aliphatic carboxylic acids is 1. The highest BCUT2D eigenvalue weighted by atomic mass is 16.5. The van der Waals surface area contributed by atoms with Gasteiger partial charge in [0.05, 0.1) is 13.5 Å². The minimum absolute atomic E-state index is 0.600. The summed E-state index contributed by atoms with van der Waals surface area (Å²) in [6.07, 6.45) is -1.55. The van der Waals surface area contributed by atoms with E-state index in [9.17, 15) is 19.2 Å². The number of alkyl carbamates (subject to hydrolysis) is 1. The summed E-state index contributed by atoms with van der Waals surface area (Å²) in [6.45, 7) is 0.504. The molecule has 0 radical (unpaired) electrons. The Balaban J connectivity index is 0.000000303. The highest BCUT2D eigenvalue weighted by Gasteiger charge is 2.24. The van der Waals surface area contributed by atoms with E-state index in [4.69, 9.17) is 5.11 Å². The molecule has 0 heterocycles. The fourth-order valence-electron chi connectivity index (χ4n) is 2.03. The van der Waals surface area contributed by atoms with Crippen LogP contribution >= 0.6 is 0 Å². The topological polar surface area (TPSA) is 119 Å². The van der Waals surface area contributed by atoms with Gasteiger partial charge in [-0.1, -0.05) is 48.5 Å². The molecule has 2 rings (SSSR count). The second-order valence-electron chi connectivity index (χ2n) is 5.38. The highest BCUT2D eigenvalue weighted by molar-refractivity contribution is 5.92. The number of fused-ring (bicyclic) bond motifs is 1. The van der Waals surface area contributed by atoms with Crippen LogP contribution in [0.2, 0.25) is 0 Å². The first-order valence-electron chi connectivity index (χ1n) is 7.99. The predicted octanol–water partition coefficient (Wildman–Crippen LogP) is 2.16. The summed E-state index contributed by atoms with van der Waals surface area (Å²) >= 11 is 0. The number of rotatable bonds is 6. The standard InChI is InChI=1S/C10H8.C9H13NO7/c1-2-6-10-8-4-3-7-9(10)5-1;1-5(11)17-4-7(12)6(3-8(13)14)10-9(15)16-2/h1-8H;6H,3-4H2,1-2H3,(H,10,15)(H,13,14). The Morgan fingerprint density at radius 1 is 1.00 bits per heavy atom. The van der Waals surface area contributed by atoms with Crippen LogP contribution in [0.4, 0.5) is 4.79 Å². The number of carboxylic acid groups (broad SMARTS) is 1. The first-order chi connectivity index (χ1) is 12.8. The molecule has 2 N–H and O–H groups in total. The third-order valence-corrected chi connectivity index (χ3v) is 3.32. The number of benzene rings is 2. The first-order valence-corrected chi connectivity index (χ1v) is 7.99. The minimum atomic E-state index is -1.29. The van der Waals surface area contributed by atoms with E-state index < -0.39 is 42.9 Å². The van der Waals surface area contributed by atoms with Gasteiger partial charge in [0.1, 0.15) is 6.04 Å². The van der Waals surface area contributed by atoms with Crippen molar-refractivity contribution in [3.05, 3.63) is 48.5 Å². The number of methoxy groups -OCH3 is 1. The van der Waals surface area contributed by atoms with Crippen LogP contribution in [0.1, 0.15) is 13.3 Å². The summed E-state index contributed by atoms with van der Waals surface area (Å²) in [6, 6.07) is 15.4. The number of esters is 1. The summed E-state index contributed by atoms with van der Waals surface area (Å²) in [5.74, 6) is -2.68. The Kier molecular flexibility index (Phi) is 9.01. The fourth-order valence-corrected chi connectivity index (χ4v) is 2.03. The zero-order valence-electron chi connectivity index (χ0n) is 15.0. The Hall–Kier alpha value is -3.42. The van der Waals surface area contributed by atoms with Gasteiger partial charge in [-0.2, -0.15) is 0 Å². The number of carbonyl (C=O) groups is 4. The largest absolute Gasteiger partial charge is 0.481 e. The predicted molar refractivity (Wildman–Crippen MR) is 97.2 cm³/mol. The van der Waals surface area contributed by atoms with Gasteiger partial charge in [0, 0.05) is 6.92 Å². The van der Waals surface area contributed by atoms with E-state index in [1.807, 2.05) is 5.32 Å². The molecule has 0 fully saturated rings. The maximum Gasteiger partial charge on any atom is 0.407 e. The molecule has 27 heavy (non-hydrogen) atoms. The highest BCUT2D eigenvalue weighted by Crippen LogP contribution is 2.11. The lowest BCUT2D eigenvalue weighted by Gasteiger charge is -2.14. The van der Waals surface area contributed by atoms with Crippen molar-refractivity contribution in [1.82, 2.24) is 5.32 Å². The van der Waals surface area contributed by atoms with Crippen LogP contribution in [0.15, 0.2) is 48.5 Å². The lowest BCUT2D eigenvalue weighted by atomic mass is 10.1. The van der Waals surface area contributed by atoms with Gasteiger partial charge in [-0.15, -0.1) is 0 Å². The third kappa shape index (κ3) is 8.48. The number of carboxylic acids is 1. The molecule has 2 aromatic carbocycles. The van der Waals surface area contributed by atoms with Crippen molar-refractivity contribution in [2.45, 2.75) is 19.4 Å². The van der Waals surface area contributed by atoms with Gasteiger partial charge in [-0.25, -0.2) is 4.79 Å². The number of ketones is 1. The van der Waals surface area contributed by atoms with E-state index in [-0.39, 0.29) is 0 Å². The Morgan fingerprint density at radius 3 is 1.85 bits per heavy atom. The molecule has 0 spiro atoms. The van der Waals surface area contributed by atoms with Crippen LogP contribution in [0.5, 0.6) is 0 Å². The van der Waals surface area contributed by atoms with Crippen LogP contribution in [-0.4, -0.2) is 48.7 Å². The average molecular weight is 375 g/mol. The van der Waals surface area contributed by atoms with Crippen molar-refractivity contribution in [3.8, 4) is 0 Å². The van der Waals surface area contributed by atoms with Gasteiger partial charge in [0.25, 0.3) is 0 Å². The van der Waals surface area contributed by atoms with Crippen molar-refractivity contribution in [1.29, 1.82) is 0 Å². The zero-order valence-corrected chi connectivity index (χ0v) is 15.0. The molecule has 2 aromatic rings. The molecule has 1 unspecified atom stereocenters. The molecule has 1 amide bonds. The van der Waals surface area contributed by atoms with E-state index in [0.717, 1.165) is 14.0 Å². The number of nitrogens with one attached hydrogen (secondary N) is 1. The van der Waals surface area contributed by atoms with E-state index in [2.05, 4.69) is 58.0 Å². The molecule has 0 bridgehead atoms.